The van der Waals surface area contributed by atoms with Gasteiger partial charge in [-0.1, -0.05) is 58.4 Å². The van der Waals surface area contributed by atoms with Gasteiger partial charge in [-0.2, -0.15) is 0 Å². The third-order valence-corrected chi connectivity index (χ3v) is 8.21. The summed E-state index contributed by atoms with van der Waals surface area (Å²) in [6.45, 7) is 6.05. The molecule has 0 aromatic heterocycles. The van der Waals surface area contributed by atoms with Crippen molar-refractivity contribution in [2.24, 2.45) is 0 Å². The monoisotopic (exact) mass is 657 g/mol. The van der Waals surface area contributed by atoms with Crippen molar-refractivity contribution >= 4 is 43.5 Å². The van der Waals surface area contributed by atoms with Gasteiger partial charge in [-0.05, 0) is 74.7 Å². The molecule has 3 aromatic rings. The molecule has 10 heteroatoms. The first-order chi connectivity index (χ1) is 19.8. The molecule has 8 nitrogen and oxygen atoms in total. The van der Waals surface area contributed by atoms with Crippen LogP contribution >= 0.6 is 15.9 Å². The number of hydrogen-bond donors (Lipinski definition) is 1. The zero-order valence-corrected chi connectivity index (χ0v) is 27.2. The minimum Gasteiger partial charge on any atom is -0.497 e. The number of nitrogens with zero attached hydrogens (tertiary/aromatic N) is 2. The van der Waals surface area contributed by atoms with Crippen LogP contribution in [-0.4, -0.2) is 56.6 Å². The molecule has 226 valence electrons. The Morgan fingerprint density at radius 1 is 0.952 bits per heavy atom. The number of nitrogens with one attached hydrogen (secondary N) is 1. The number of halogens is 1. The van der Waals surface area contributed by atoms with Gasteiger partial charge in [0.25, 0.3) is 0 Å². The summed E-state index contributed by atoms with van der Waals surface area (Å²) in [6.07, 6.45) is 1.81. The largest absolute Gasteiger partial charge is 0.497 e. The number of methoxy groups -OCH3 is 1. The Kier molecular flexibility index (Phi) is 11.6. The van der Waals surface area contributed by atoms with E-state index in [0.29, 0.717) is 17.9 Å². The molecule has 0 aliphatic rings. The summed E-state index contributed by atoms with van der Waals surface area (Å²) >= 11 is 3.50. The number of sulfonamides is 1. The van der Waals surface area contributed by atoms with Crippen molar-refractivity contribution in [3.05, 3.63) is 94.5 Å². The summed E-state index contributed by atoms with van der Waals surface area (Å²) in [5, 5.41) is 3.06. The number of rotatable bonds is 13. The van der Waals surface area contributed by atoms with Gasteiger partial charge in [0.05, 0.1) is 19.1 Å². The third kappa shape index (κ3) is 10.2. The molecule has 42 heavy (non-hydrogen) atoms. The van der Waals surface area contributed by atoms with E-state index in [-0.39, 0.29) is 37.7 Å². The molecule has 0 aliphatic heterocycles. The maximum absolute atomic E-state index is 13.9. The summed E-state index contributed by atoms with van der Waals surface area (Å²) < 4.78 is 32.6. The smallest absolute Gasteiger partial charge is 0.243 e. The molecule has 0 bridgehead atoms. The number of anilines is 1. The number of amides is 2. The van der Waals surface area contributed by atoms with Crippen molar-refractivity contribution < 1.29 is 22.7 Å². The molecule has 0 spiro atoms. The summed E-state index contributed by atoms with van der Waals surface area (Å²) in [5.41, 5.74) is 1.80. The number of carbonyl (C=O) groups is 2. The van der Waals surface area contributed by atoms with Crippen LogP contribution in [0.3, 0.4) is 0 Å². The first-order valence-corrected chi connectivity index (χ1v) is 16.4. The van der Waals surface area contributed by atoms with E-state index in [0.717, 1.165) is 21.9 Å². The van der Waals surface area contributed by atoms with E-state index < -0.39 is 21.6 Å². The highest BCUT2D eigenvalue weighted by atomic mass is 79.9. The Labute approximate surface area is 258 Å². The average Bonchev–Trinajstić information content (AvgIpc) is 2.92. The molecule has 1 unspecified atom stereocenters. The Balaban J connectivity index is 1.89. The van der Waals surface area contributed by atoms with E-state index in [9.17, 15) is 18.0 Å². The number of carbonyl (C=O) groups excluding carboxylic acids is 2. The van der Waals surface area contributed by atoms with Crippen LogP contribution in [0.25, 0.3) is 0 Å². The highest BCUT2D eigenvalue weighted by molar-refractivity contribution is 9.10. The van der Waals surface area contributed by atoms with E-state index in [1.165, 1.54) is 4.31 Å². The van der Waals surface area contributed by atoms with E-state index in [1.54, 1.807) is 36.3 Å². The number of hydrogen-bond acceptors (Lipinski definition) is 5. The summed E-state index contributed by atoms with van der Waals surface area (Å²) in [5.74, 6) is 0.136. The van der Waals surface area contributed by atoms with Gasteiger partial charge in [-0.3, -0.25) is 13.9 Å². The maximum Gasteiger partial charge on any atom is 0.243 e. The highest BCUT2D eigenvalue weighted by Crippen LogP contribution is 2.23. The van der Waals surface area contributed by atoms with Crippen LogP contribution in [0.15, 0.2) is 83.3 Å². The van der Waals surface area contributed by atoms with Crippen molar-refractivity contribution in [1.29, 1.82) is 0 Å². The van der Waals surface area contributed by atoms with E-state index in [2.05, 4.69) is 21.2 Å². The van der Waals surface area contributed by atoms with Crippen molar-refractivity contribution in [2.45, 2.75) is 58.2 Å². The quantitative estimate of drug-likeness (QED) is 0.260. The second kappa shape index (κ2) is 14.7. The lowest BCUT2D eigenvalue weighted by Gasteiger charge is -2.34. The maximum atomic E-state index is 13.9. The standard InChI is InChI=1S/C32H40BrN3O5S/c1-32(2,3)34-31(38)29(22-24-11-7-6-8-12-24)35(23-25-13-9-14-26(33)21-25)30(37)15-10-20-36(42(5,39)40)27-16-18-28(41-4)19-17-27/h6-9,11-14,16-19,21,29H,10,15,20,22-23H2,1-5H3,(H,34,38). The van der Waals surface area contributed by atoms with Crippen LogP contribution < -0.4 is 14.4 Å². The molecule has 0 radical (unpaired) electrons. The predicted molar refractivity (Wildman–Crippen MR) is 171 cm³/mol. The molecule has 0 saturated carbocycles. The fraction of sp³-hybridized carbons (Fsp3) is 0.375. The lowest BCUT2D eigenvalue weighted by molar-refractivity contribution is -0.142. The van der Waals surface area contributed by atoms with Crippen LogP contribution in [0.1, 0.15) is 44.7 Å². The van der Waals surface area contributed by atoms with Crippen LogP contribution in [-0.2, 0) is 32.6 Å². The second-order valence-corrected chi connectivity index (χ2v) is 14.1. The van der Waals surface area contributed by atoms with Crippen LogP contribution in [0, 0.1) is 0 Å². The molecule has 1 atom stereocenters. The van der Waals surface area contributed by atoms with Gasteiger partial charge in [0, 0.05) is 35.9 Å². The zero-order chi connectivity index (χ0) is 30.9. The number of benzene rings is 3. The van der Waals surface area contributed by atoms with Crippen molar-refractivity contribution in [2.75, 3.05) is 24.2 Å². The van der Waals surface area contributed by atoms with E-state index >= 15 is 0 Å². The first-order valence-electron chi connectivity index (χ1n) is 13.8. The fourth-order valence-corrected chi connectivity index (χ4v) is 6.00. The Hall–Kier alpha value is -3.37. The Morgan fingerprint density at radius 2 is 1.60 bits per heavy atom. The van der Waals surface area contributed by atoms with Gasteiger partial charge >= 0.3 is 0 Å². The van der Waals surface area contributed by atoms with Crippen molar-refractivity contribution in [1.82, 2.24) is 10.2 Å². The zero-order valence-electron chi connectivity index (χ0n) is 24.8. The molecule has 0 saturated heterocycles. The van der Waals surface area contributed by atoms with Crippen LogP contribution in [0.4, 0.5) is 5.69 Å². The van der Waals surface area contributed by atoms with Gasteiger partial charge in [-0.25, -0.2) is 8.42 Å². The van der Waals surface area contributed by atoms with Gasteiger partial charge in [0.2, 0.25) is 21.8 Å². The highest BCUT2D eigenvalue weighted by Gasteiger charge is 2.32. The van der Waals surface area contributed by atoms with Crippen molar-refractivity contribution in [3.63, 3.8) is 0 Å². The van der Waals surface area contributed by atoms with Crippen LogP contribution in [0.5, 0.6) is 5.75 Å². The average molecular weight is 659 g/mol. The molecule has 2 amide bonds. The molecule has 0 heterocycles. The van der Waals surface area contributed by atoms with Gasteiger partial charge in [0.1, 0.15) is 11.8 Å². The van der Waals surface area contributed by atoms with E-state index in [4.69, 9.17) is 4.74 Å². The topological polar surface area (TPSA) is 96.0 Å². The van der Waals surface area contributed by atoms with Crippen LogP contribution in [0.2, 0.25) is 0 Å². The molecular weight excluding hydrogens is 618 g/mol. The van der Waals surface area contributed by atoms with Gasteiger partial charge in [-0.15, -0.1) is 0 Å². The molecule has 3 rings (SSSR count). The Bertz CT molecular complexity index is 1440. The van der Waals surface area contributed by atoms with Gasteiger partial charge < -0.3 is 15.0 Å². The minimum atomic E-state index is -3.60. The fourth-order valence-electron chi connectivity index (χ4n) is 4.59. The summed E-state index contributed by atoms with van der Waals surface area (Å²) in [6, 6.07) is 23.2. The normalized spacial score (nSPS) is 12.3. The molecule has 3 aromatic carbocycles. The summed E-state index contributed by atoms with van der Waals surface area (Å²) in [4.78, 5) is 29.3. The molecule has 1 N–H and O–H groups in total. The lowest BCUT2D eigenvalue weighted by Crippen LogP contribution is -2.54. The van der Waals surface area contributed by atoms with Gasteiger partial charge in [0.15, 0.2) is 0 Å². The SMILES string of the molecule is COc1ccc(N(CCCC(=O)N(Cc2cccc(Br)c2)C(Cc2ccccc2)C(=O)NC(C)(C)C)S(C)(=O)=O)cc1. The minimum absolute atomic E-state index is 0.0598. The first kappa shape index (κ1) is 33.1. The lowest BCUT2D eigenvalue weighted by atomic mass is 10.00. The molecule has 0 fully saturated rings. The number of ether oxygens (including phenoxy) is 1. The van der Waals surface area contributed by atoms with E-state index in [1.807, 2.05) is 75.4 Å². The predicted octanol–water partition coefficient (Wildman–Crippen LogP) is 5.56. The third-order valence-electron chi connectivity index (χ3n) is 6.52. The molecular formula is C32H40BrN3O5S. The summed E-state index contributed by atoms with van der Waals surface area (Å²) in [7, 11) is -2.06. The van der Waals surface area contributed by atoms with Crippen molar-refractivity contribution in [3.8, 4) is 5.75 Å². The molecule has 0 aliphatic carbocycles. The Morgan fingerprint density at radius 3 is 2.17 bits per heavy atom. The second-order valence-electron chi connectivity index (χ2n) is 11.2.